The van der Waals surface area contributed by atoms with E-state index in [1.54, 1.807) is 46.0 Å². The van der Waals surface area contributed by atoms with Crippen molar-refractivity contribution in [2.24, 2.45) is 5.41 Å². The van der Waals surface area contributed by atoms with E-state index in [2.05, 4.69) is 15.6 Å². The van der Waals surface area contributed by atoms with Crippen LogP contribution in [0.5, 0.6) is 0 Å². The van der Waals surface area contributed by atoms with Crippen LogP contribution >= 0.6 is 11.3 Å². The van der Waals surface area contributed by atoms with E-state index in [9.17, 15) is 32.7 Å². The summed E-state index contributed by atoms with van der Waals surface area (Å²) in [4.78, 5) is 62.0. The maximum atomic E-state index is 13.9. The van der Waals surface area contributed by atoms with Gasteiger partial charge < -0.3 is 25.5 Å². The molecule has 54 heavy (non-hydrogen) atoms. The van der Waals surface area contributed by atoms with Gasteiger partial charge in [-0.15, -0.1) is 11.3 Å². The molecule has 292 valence electrons. The average Bonchev–Trinajstić information content (AvgIpc) is 3.76. The van der Waals surface area contributed by atoms with Crippen molar-refractivity contribution < 1.29 is 32.7 Å². The summed E-state index contributed by atoms with van der Waals surface area (Å²) in [5, 5.41) is 16.3. The Bertz CT molecular complexity index is 1900. The maximum absolute atomic E-state index is 13.9. The van der Waals surface area contributed by atoms with Crippen LogP contribution in [0.15, 0.2) is 58.9 Å². The number of thiazole rings is 1. The van der Waals surface area contributed by atoms with Gasteiger partial charge in [-0.25, -0.2) is 13.4 Å². The van der Waals surface area contributed by atoms with E-state index < -0.39 is 39.5 Å². The summed E-state index contributed by atoms with van der Waals surface area (Å²) in [6.45, 7) is 10.6. The molecule has 4 amide bonds. The molecule has 3 aromatic rings. The Morgan fingerprint density at radius 1 is 0.944 bits per heavy atom. The number of sulfonamides is 1. The second kappa shape index (κ2) is 17.5. The third-order valence-corrected chi connectivity index (χ3v) is 12.9. The largest absolute Gasteiger partial charge is 0.391 e. The van der Waals surface area contributed by atoms with Crippen LogP contribution in [-0.2, 0) is 35.7 Å². The fourth-order valence-corrected chi connectivity index (χ4v) is 9.00. The number of piperazine rings is 1. The maximum Gasteiger partial charge on any atom is 0.246 e. The minimum absolute atomic E-state index is 0.0173. The number of nitrogens with one attached hydrogen (secondary N) is 2. The van der Waals surface area contributed by atoms with Crippen LogP contribution in [0.3, 0.4) is 0 Å². The van der Waals surface area contributed by atoms with E-state index in [-0.39, 0.29) is 68.1 Å². The third-order valence-electron chi connectivity index (χ3n) is 10.0. The Labute approximate surface area is 322 Å². The SMILES string of the molecule is Cc1ccc(S(=O)(=O)N2CCN(C(=O)CCCCC(=O)N[C@H](C(=O)N3C[C@H](O)C[C@H]3C(=O)NCc3ccc(-c4scnc4C)cc3)C(C)(C)C)CC2)cc1. The fourth-order valence-electron chi connectivity index (χ4n) is 6.77. The number of carbonyl (C=O) groups excluding carboxylic acids is 4. The lowest BCUT2D eigenvalue weighted by Crippen LogP contribution is -2.57. The van der Waals surface area contributed by atoms with Crippen molar-refractivity contribution in [1.29, 1.82) is 0 Å². The molecule has 1 aromatic heterocycles. The number of aliphatic hydroxyl groups is 1. The molecule has 2 aliphatic rings. The first-order valence-corrected chi connectivity index (χ1v) is 20.8. The number of amides is 4. The van der Waals surface area contributed by atoms with E-state index >= 15 is 0 Å². The van der Waals surface area contributed by atoms with Crippen molar-refractivity contribution in [3.8, 4) is 10.4 Å². The number of carbonyl (C=O) groups is 4. The van der Waals surface area contributed by atoms with E-state index in [1.165, 1.54) is 9.21 Å². The molecule has 2 aromatic carbocycles. The predicted molar refractivity (Wildman–Crippen MR) is 207 cm³/mol. The molecule has 0 radical (unpaired) electrons. The van der Waals surface area contributed by atoms with Gasteiger partial charge in [0.15, 0.2) is 0 Å². The van der Waals surface area contributed by atoms with E-state index in [0.717, 1.165) is 27.3 Å². The topological polar surface area (TPSA) is 169 Å². The Kier molecular flexibility index (Phi) is 13.3. The number of aryl methyl sites for hydroxylation is 2. The second-order valence-corrected chi connectivity index (χ2v) is 18.0. The van der Waals surface area contributed by atoms with Gasteiger partial charge in [-0.2, -0.15) is 4.31 Å². The van der Waals surface area contributed by atoms with Crippen molar-refractivity contribution in [3.05, 3.63) is 70.9 Å². The lowest BCUT2D eigenvalue weighted by molar-refractivity contribution is -0.144. The molecule has 2 aliphatic heterocycles. The Hall–Kier alpha value is -4.18. The number of unbranched alkanes of at least 4 members (excludes halogenated alkanes) is 1. The Morgan fingerprint density at radius 2 is 1.59 bits per heavy atom. The van der Waals surface area contributed by atoms with Gasteiger partial charge in [0.25, 0.3) is 0 Å². The molecule has 13 nitrogen and oxygen atoms in total. The minimum atomic E-state index is -3.63. The van der Waals surface area contributed by atoms with Gasteiger partial charge >= 0.3 is 0 Å². The summed E-state index contributed by atoms with van der Waals surface area (Å²) >= 11 is 1.57. The van der Waals surface area contributed by atoms with Gasteiger partial charge in [0.1, 0.15) is 12.1 Å². The molecule has 2 fully saturated rings. The molecule has 3 atom stereocenters. The van der Waals surface area contributed by atoms with Crippen LogP contribution in [0.4, 0.5) is 0 Å². The minimum Gasteiger partial charge on any atom is -0.391 e. The number of aromatic nitrogens is 1. The van der Waals surface area contributed by atoms with Crippen molar-refractivity contribution in [1.82, 2.24) is 29.7 Å². The molecule has 2 saturated heterocycles. The van der Waals surface area contributed by atoms with Gasteiger partial charge in [-0.05, 0) is 55.4 Å². The smallest absolute Gasteiger partial charge is 0.246 e. The molecule has 0 unspecified atom stereocenters. The first-order chi connectivity index (χ1) is 25.5. The summed E-state index contributed by atoms with van der Waals surface area (Å²) in [6, 6.07) is 12.7. The molecule has 3 N–H and O–H groups in total. The van der Waals surface area contributed by atoms with Crippen LogP contribution in [0.2, 0.25) is 0 Å². The van der Waals surface area contributed by atoms with Crippen LogP contribution < -0.4 is 10.6 Å². The summed E-state index contributed by atoms with van der Waals surface area (Å²) in [5.74, 6) is -1.25. The normalized spacial score (nSPS) is 18.7. The molecular weight excluding hydrogens is 729 g/mol. The molecule has 0 aliphatic carbocycles. The zero-order chi connectivity index (χ0) is 39.2. The van der Waals surface area contributed by atoms with E-state index in [1.807, 2.05) is 58.9 Å². The van der Waals surface area contributed by atoms with Gasteiger partial charge in [-0.3, -0.25) is 19.2 Å². The molecule has 0 saturated carbocycles. The monoisotopic (exact) mass is 780 g/mol. The van der Waals surface area contributed by atoms with Crippen LogP contribution in [-0.4, -0.2) is 107 Å². The lowest BCUT2D eigenvalue weighted by atomic mass is 9.85. The van der Waals surface area contributed by atoms with Crippen molar-refractivity contribution in [3.63, 3.8) is 0 Å². The standard InChI is InChI=1S/C39H52N6O7S2/c1-26-10-16-31(17-11-26)54(51,52)44-20-18-43(19-21-44)34(48)9-7-6-8-33(47)42-36(39(3,4)5)38(50)45-24-30(46)22-32(45)37(49)40-23-28-12-14-29(15-13-28)35-27(2)41-25-53-35/h10-17,25,30,32,36,46H,6-9,18-24H2,1-5H3,(H,40,49)(H,42,47)/t30-,32+,36-/m1/s1. The van der Waals surface area contributed by atoms with E-state index in [0.29, 0.717) is 25.9 Å². The van der Waals surface area contributed by atoms with Crippen LogP contribution in [0.1, 0.15) is 69.7 Å². The van der Waals surface area contributed by atoms with Gasteiger partial charge in [-0.1, -0.05) is 62.7 Å². The number of aliphatic hydroxyl groups excluding tert-OH is 1. The average molecular weight is 781 g/mol. The zero-order valence-corrected chi connectivity index (χ0v) is 33.3. The van der Waals surface area contributed by atoms with Crippen molar-refractivity contribution in [2.45, 2.75) is 96.4 Å². The first-order valence-electron chi connectivity index (χ1n) is 18.4. The quantitative estimate of drug-likeness (QED) is 0.221. The van der Waals surface area contributed by atoms with Crippen LogP contribution in [0, 0.1) is 19.3 Å². The van der Waals surface area contributed by atoms with Crippen molar-refractivity contribution in [2.75, 3.05) is 32.7 Å². The molecule has 3 heterocycles. The number of likely N-dealkylation sites (tertiary alicyclic amines) is 1. The molecule has 0 spiro atoms. The Morgan fingerprint density at radius 3 is 2.20 bits per heavy atom. The summed E-state index contributed by atoms with van der Waals surface area (Å²) < 4.78 is 27.4. The highest BCUT2D eigenvalue weighted by Crippen LogP contribution is 2.28. The molecular formula is C39H52N6O7S2. The third kappa shape index (κ3) is 10.1. The van der Waals surface area contributed by atoms with Gasteiger partial charge in [0.2, 0.25) is 33.7 Å². The number of hydrogen-bond donors (Lipinski definition) is 3. The number of benzene rings is 2. The van der Waals surface area contributed by atoms with Gasteiger partial charge in [0.05, 0.1) is 27.1 Å². The molecule has 0 bridgehead atoms. The summed E-state index contributed by atoms with van der Waals surface area (Å²) in [5.41, 5.74) is 4.98. The van der Waals surface area contributed by atoms with E-state index in [4.69, 9.17) is 0 Å². The number of β-amino-alcohol motifs (C(OH)–C–C–N with tert-alkyl or cyclic N) is 1. The fraction of sp³-hybridized carbons (Fsp3) is 0.513. The predicted octanol–water partition coefficient (Wildman–Crippen LogP) is 3.63. The van der Waals surface area contributed by atoms with Gasteiger partial charge in [0, 0.05) is 58.5 Å². The molecule has 15 heteroatoms. The van der Waals surface area contributed by atoms with Crippen molar-refractivity contribution >= 4 is 45.0 Å². The number of nitrogens with zero attached hydrogens (tertiary/aromatic N) is 4. The first kappa shape index (κ1) is 41.0. The number of hydrogen-bond acceptors (Lipinski definition) is 9. The summed E-state index contributed by atoms with van der Waals surface area (Å²) in [7, 11) is -3.63. The summed E-state index contributed by atoms with van der Waals surface area (Å²) in [6.07, 6.45) is 0.416. The second-order valence-electron chi connectivity index (χ2n) is 15.2. The Balaban J connectivity index is 1.07. The zero-order valence-electron chi connectivity index (χ0n) is 31.7. The highest BCUT2D eigenvalue weighted by Gasteiger charge is 2.44. The van der Waals surface area contributed by atoms with Crippen LogP contribution in [0.25, 0.3) is 10.4 Å². The number of rotatable bonds is 13. The molecule has 5 rings (SSSR count). The lowest BCUT2D eigenvalue weighted by Gasteiger charge is -2.35. The highest BCUT2D eigenvalue weighted by atomic mass is 32.2. The highest BCUT2D eigenvalue weighted by molar-refractivity contribution is 7.89.